The van der Waals surface area contributed by atoms with E-state index in [2.05, 4.69) is 107 Å². The maximum Gasteiger partial charge on any atom is 0.309 e. The van der Waals surface area contributed by atoms with Gasteiger partial charge in [-0.05, 0) is 36.4 Å². The lowest BCUT2D eigenvalue weighted by Gasteiger charge is -2.25. The summed E-state index contributed by atoms with van der Waals surface area (Å²) < 4.78 is 10.0. The summed E-state index contributed by atoms with van der Waals surface area (Å²) in [4.78, 5) is 7.24. The van der Waals surface area contributed by atoms with Crippen molar-refractivity contribution in [3.63, 3.8) is 0 Å². The highest BCUT2D eigenvalue weighted by Gasteiger charge is 2.26. The molecule has 0 N–H and O–H groups in total. The first-order valence-corrected chi connectivity index (χ1v) is 11.2. The van der Waals surface area contributed by atoms with E-state index in [9.17, 15) is 0 Å². The van der Waals surface area contributed by atoms with Crippen LogP contribution in [0, 0.1) is 0 Å². The van der Waals surface area contributed by atoms with Crippen LogP contribution in [0.5, 0.6) is 0 Å². The number of anilines is 3. The Morgan fingerprint density at radius 3 is 1.74 bits per heavy atom. The Hall–Kier alpha value is -4.77. The number of nitrogens with zero attached hydrogens (tertiary/aromatic N) is 4. The van der Waals surface area contributed by atoms with Crippen LogP contribution in [0.1, 0.15) is 0 Å². The summed E-state index contributed by atoms with van der Waals surface area (Å²) in [5.41, 5.74) is 4.29. The Bertz CT molecular complexity index is 1670. The lowest BCUT2D eigenvalue weighted by Crippen LogP contribution is -2.14. The van der Waals surface area contributed by atoms with Gasteiger partial charge in [0.05, 0.1) is 17.2 Å². The predicted molar refractivity (Wildman–Crippen MR) is 136 cm³/mol. The minimum atomic E-state index is 0.545. The number of hydrogen-bond donors (Lipinski definition) is 0. The van der Waals surface area contributed by atoms with Gasteiger partial charge < -0.3 is 4.42 Å². The van der Waals surface area contributed by atoms with Crippen molar-refractivity contribution in [2.45, 2.75) is 0 Å². The molecule has 0 aliphatic rings. The molecule has 0 fully saturated rings. The van der Waals surface area contributed by atoms with Crippen molar-refractivity contribution in [2.24, 2.45) is 0 Å². The lowest BCUT2D eigenvalue weighted by atomic mass is 10.2. The van der Waals surface area contributed by atoms with E-state index in [1.165, 1.54) is 10.8 Å². The quantitative estimate of drug-likeness (QED) is 0.284. The third-order valence-electron chi connectivity index (χ3n) is 6.25. The predicted octanol–water partition coefficient (Wildman–Crippen LogP) is 7.49. The second-order valence-electron chi connectivity index (χ2n) is 8.19. The number of fused-ring (bicyclic) bond motifs is 4. The van der Waals surface area contributed by atoms with Gasteiger partial charge in [-0.15, -0.1) is 0 Å². The van der Waals surface area contributed by atoms with Gasteiger partial charge in [0.15, 0.2) is 11.6 Å². The molecule has 0 atom stereocenters. The molecule has 0 unspecified atom stereocenters. The van der Waals surface area contributed by atoms with Gasteiger partial charge >= 0.3 is 5.84 Å². The van der Waals surface area contributed by atoms with Crippen LogP contribution >= 0.6 is 0 Å². The van der Waals surface area contributed by atoms with Crippen molar-refractivity contribution < 1.29 is 4.42 Å². The van der Waals surface area contributed by atoms with Crippen LogP contribution < -0.4 is 4.90 Å². The monoisotopic (exact) mass is 440 g/mol. The largest absolute Gasteiger partial charge is 0.432 e. The first-order chi connectivity index (χ1) is 16.9. The summed E-state index contributed by atoms with van der Waals surface area (Å²) in [6, 6.07) is 37.7. The van der Waals surface area contributed by atoms with Crippen molar-refractivity contribution in [1.82, 2.24) is 14.0 Å². The first-order valence-electron chi connectivity index (χ1n) is 11.2. The molecule has 3 heterocycles. The molecule has 4 aromatic carbocycles. The van der Waals surface area contributed by atoms with E-state index in [4.69, 9.17) is 9.40 Å². The molecule has 0 spiro atoms. The number of benzene rings is 4. The smallest absolute Gasteiger partial charge is 0.309 e. The number of hydrogen-bond acceptors (Lipinski definition) is 3. The summed E-state index contributed by atoms with van der Waals surface area (Å²) >= 11 is 0. The number of imidazole rings is 1. The number of oxazole rings is 1. The number of aromatic nitrogens is 3. The minimum Gasteiger partial charge on any atom is -0.432 e. The molecule has 7 aromatic rings. The highest BCUT2D eigenvalue weighted by molar-refractivity contribution is 6.09. The Labute approximate surface area is 195 Å². The molecular formula is C29H20N4O. The van der Waals surface area contributed by atoms with Crippen LogP contribution in [0.15, 0.2) is 126 Å². The first kappa shape index (κ1) is 18.8. The summed E-state index contributed by atoms with van der Waals surface area (Å²) in [5.74, 6) is 2.26. The van der Waals surface area contributed by atoms with Crippen LogP contribution in [-0.2, 0) is 0 Å². The van der Waals surface area contributed by atoms with E-state index in [0.717, 1.165) is 34.0 Å². The molecule has 0 aliphatic heterocycles. The van der Waals surface area contributed by atoms with Crippen LogP contribution in [0.4, 0.5) is 17.2 Å². The Morgan fingerprint density at radius 2 is 1.15 bits per heavy atom. The maximum atomic E-state index is 5.80. The zero-order valence-corrected chi connectivity index (χ0v) is 18.2. The molecule has 3 aromatic heterocycles. The molecule has 5 nitrogen and oxygen atoms in total. The highest BCUT2D eigenvalue weighted by Crippen LogP contribution is 2.41. The molecule has 7 rings (SSSR count). The van der Waals surface area contributed by atoms with Crippen LogP contribution in [0.25, 0.3) is 33.5 Å². The van der Waals surface area contributed by atoms with E-state index in [1.54, 1.807) is 6.26 Å². The van der Waals surface area contributed by atoms with Crippen LogP contribution in [-0.4, -0.2) is 14.0 Å². The van der Waals surface area contributed by atoms with Crippen molar-refractivity contribution in [1.29, 1.82) is 0 Å². The van der Waals surface area contributed by atoms with Gasteiger partial charge in [0.1, 0.15) is 6.26 Å². The fraction of sp³-hybridized carbons (Fsp3) is 0. The minimum absolute atomic E-state index is 0.545. The highest BCUT2D eigenvalue weighted by atomic mass is 16.3. The second-order valence-corrected chi connectivity index (χ2v) is 8.19. The molecule has 0 amide bonds. The molecule has 5 heteroatoms. The fourth-order valence-electron chi connectivity index (χ4n) is 4.82. The Balaban J connectivity index is 1.62. The SMILES string of the molecule is c1ccc(N(c2ccccc2)c2c(-n3c4ccccc4c4ccccc43)nc3occn23)cc1. The zero-order valence-electron chi connectivity index (χ0n) is 18.2. The summed E-state index contributed by atoms with van der Waals surface area (Å²) in [6.07, 6.45) is 3.60. The van der Waals surface area contributed by atoms with Gasteiger partial charge in [0.25, 0.3) is 0 Å². The van der Waals surface area contributed by atoms with Gasteiger partial charge in [-0.1, -0.05) is 72.8 Å². The van der Waals surface area contributed by atoms with Gasteiger partial charge in [0, 0.05) is 22.1 Å². The molecule has 0 bridgehead atoms. The number of rotatable bonds is 4. The van der Waals surface area contributed by atoms with Gasteiger partial charge in [0.2, 0.25) is 0 Å². The Kier molecular flexibility index (Phi) is 4.08. The van der Waals surface area contributed by atoms with E-state index >= 15 is 0 Å². The standard InChI is InChI=1S/C29H20N4O/c1-3-11-21(12-4-1)32(22-13-5-2-6-14-22)28-27(30-29-31(28)19-20-34-29)33-25-17-9-7-15-23(25)24-16-8-10-18-26(24)33/h1-20H. The summed E-state index contributed by atoms with van der Waals surface area (Å²) in [7, 11) is 0. The van der Waals surface area contributed by atoms with Crippen molar-refractivity contribution in [3.8, 4) is 5.82 Å². The van der Waals surface area contributed by atoms with Crippen molar-refractivity contribution in [2.75, 3.05) is 4.90 Å². The average Bonchev–Trinajstić information content (AvgIpc) is 3.58. The molecular weight excluding hydrogens is 420 g/mol. The number of para-hydroxylation sites is 4. The normalized spacial score (nSPS) is 11.5. The molecule has 0 saturated heterocycles. The van der Waals surface area contributed by atoms with Crippen molar-refractivity contribution in [3.05, 3.63) is 122 Å². The topological polar surface area (TPSA) is 38.6 Å². The van der Waals surface area contributed by atoms with E-state index in [0.29, 0.717) is 5.84 Å². The molecule has 34 heavy (non-hydrogen) atoms. The summed E-state index contributed by atoms with van der Waals surface area (Å²) in [6.45, 7) is 0. The zero-order chi connectivity index (χ0) is 22.5. The second kappa shape index (κ2) is 7.39. The fourth-order valence-corrected chi connectivity index (χ4v) is 4.82. The van der Waals surface area contributed by atoms with Gasteiger partial charge in [-0.2, -0.15) is 4.98 Å². The third-order valence-corrected chi connectivity index (χ3v) is 6.25. The van der Waals surface area contributed by atoms with Crippen LogP contribution in [0.3, 0.4) is 0 Å². The maximum absolute atomic E-state index is 5.80. The van der Waals surface area contributed by atoms with Crippen molar-refractivity contribution >= 4 is 44.8 Å². The molecule has 0 aliphatic carbocycles. The van der Waals surface area contributed by atoms with Gasteiger partial charge in [-0.25, -0.2) is 4.40 Å². The van der Waals surface area contributed by atoms with Crippen LogP contribution in [0.2, 0.25) is 0 Å². The summed E-state index contributed by atoms with van der Waals surface area (Å²) in [5, 5.41) is 2.39. The van der Waals surface area contributed by atoms with E-state index in [-0.39, 0.29) is 0 Å². The lowest BCUT2D eigenvalue weighted by molar-refractivity contribution is 0.595. The van der Waals surface area contributed by atoms with E-state index in [1.807, 2.05) is 22.7 Å². The third kappa shape index (κ3) is 2.70. The molecule has 162 valence electrons. The molecule has 0 saturated carbocycles. The van der Waals surface area contributed by atoms with E-state index < -0.39 is 0 Å². The Morgan fingerprint density at radius 1 is 0.618 bits per heavy atom. The molecule has 0 radical (unpaired) electrons. The van der Waals surface area contributed by atoms with Gasteiger partial charge in [-0.3, -0.25) is 9.47 Å². The average molecular weight is 441 g/mol.